The quantitative estimate of drug-likeness (QED) is 0.607. The van der Waals surface area contributed by atoms with Gasteiger partial charge in [0.15, 0.2) is 6.29 Å². The number of fused-ring (bicyclic) bond motifs is 1. The lowest BCUT2D eigenvalue weighted by Crippen LogP contribution is -1.90. The highest BCUT2D eigenvalue weighted by molar-refractivity contribution is 14.1. The Kier molecular flexibility index (Phi) is 2.88. The zero-order valence-electron chi connectivity index (χ0n) is 7.71. The van der Waals surface area contributed by atoms with Crippen LogP contribution in [-0.2, 0) is 6.42 Å². The highest BCUT2D eigenvalue weighted by Crippen LogP contribution is 2.31. The Bertz CT molecular complexity index is 487. The van der Waals surface area contributed by atoms with Gasteiger partial charge >= 0.3 is 0 Å². The van der Waals surface area contributed by atoms with Gasteiger partial charge in [-0.1, -0.05) is 6.92 Å². The molecular weight excluding hydrogens is 307 g/mol. The molecule has 0 spiro atoms. The van der Waals surface area contributed by atoms with Gasteiger partial charge in [0.2, 0.25) is 0 Å². The molecule has 0 aliphatic heterocycles. The van der Waals surface area contributed by atoms with E-state index in [1.54, 1.807) is 11.3 Å². The van der Waals surface area contributed by atoms with Gasteiger partial charge in [0.1, 0.15) is 0 Å². The molecule has 14 heavy (non-hydrogen) atoms. The number of rotatable bonds is 2. The topological polar surface area (TPSA) is 17.1 Å². The van der Waals surface area contributed by atoms with E-state index < -0.39 is 0 Å². The second kappa shape index (κ2) is 3.98. The maximum atomic E-state index is 10.9. The van der Waals surface area contributed by atoms with E-state index in [0.717, 1.165) is 23.7 Å². The molecule has 1 nitrogen and oxygen atoms in total. The average Bonchev–Trinajstić information content (AvgIpc) is 2.68. The molecule has 1 aromatic carbocycles. The Balaban J connectivity index is 2.86. The fraction of sp³-hybridized carbons (Fsp3) is 0.182. The number of carbonyl (C=O) groups excluding carboxylic acids is 1. The molecule has 0 N–H and O–H groups in total. The van der Waals surface area contributed by atoms with Crippen LogP contribution in [-0.4, -0.2) is 6.29 Å². The Morgan fingerprint density at radius 3 is 3.00 bits per heavy atom. The van der Waals surface area contributed by atoms with Gasteiger partial charge in [0.05, 0.1) is 0 Å². The summed E-state index contributed by atoms with van der Waals surface area (Å²) in [6.07, 6.45) is 1.93. The number of carbonyl (C=O) groups is 1. The van der Waals surface area contributed by atoms with Crippen LogP contribution in [0.1, 0.15) is 22.8 Å². The number of hydrogen-bond donors (Lipinski definition) is 0. The summed E-state index contributed by atoms with van der Waals surface area (Å²) in [7, 11) is 0. The first kappa shape index (κ1) is 10.1. The van der Waals surface area contributed by atoms with Crippen molar-refractivity contribution in [2.24, 2.45) is 0 Å². The van der Waals surface area contributed by atoms with E-state index in [2.05, 4.69) is 29.5 Å². The van der Waals surface area contributed by atoms with Crippen molar-refractivity contribution in [2.45, 2.75) is 13.3 Å². The molecule has 0 amide bonds. The summed E-state index contributed by atoms with van der Waals surface area (Å²) in [6.45, 7) is 2.12. The number of aryl methyl sites for hydroxylation is 1. The molecule has 0 bridgehead atoms. The van der Waals surface area contributed by atoms with Gasteiger partial charge in [-0.15, -0.1) is 11.3 Å². The van der Waals surface area contributed by atoms with Gasteiger partial charge in [-0.25, -0.2) is 0 Å². The standard InChI is InChI=1S/C11H9IOS/c1-2-7-5-8(6-13)9-3-4-14-11(9)10(7)12/h3-6H,2H2,1H3. The van der Waals surface area contributed by atoms with Crippen molar-refractivity contribution < 1.29 is 4.79 Å². The van der Waals surface area contributed by atoms with Crippen molar-refractivity contribution in [3.05, 3.63) is 32.2 Å². The van der Waals surface area contributed by atoms with Crippen LogP contribution in [0.4, 0.5) is 0 Å². The van der Waals surface area contributed by atoms with Gasteiger partial charge in [-0.3, -0.25) is 4.79 Å². The van der Waals surface area contributed by atoms with E-state index >= 15 is 0 Å². The van der Waals surface area contributed by atoms with Crippen LogP contribution in [0.3, 0.4) is 0 Å². The van der Waals surface area contributed by atoms with Gasteiger partial charge in [0, 0.05) is 19.2 Å². The van der Waals surface area contributed by atoms with Gasteiger partial charge < -0.3 is 0 Å². The summed E-state index contributed by atoms with van der Waals surface area (Å²) in [5.41, 5.74) is 2.08. The summed E-state index contributed by atoms with van der Waals surface area (Å²) in [6, 6.07) is 4.02. The van der Waals surface area contributed by atoms with Gasteiger partial charge in [-0.2, -0.15) is 0 Å². The molecule has 0 atom stereocenters. The van der Waals surface area contributed by atoms with Crippen molar-refractivity contribution in [1.82, 2.24) is 0 Å². The highest BCUT2D eigenvalue weighted by atomic mass is 127. The third-order valence-electron chi connectivity index (χ3n) is 2.30. The number of hydrogen-bond acceptors (Lipinski definition) is 2. The van der Waals surface area contributed by atoms with Crippen LogP contribution in [0.15, 0.2) is 17.5 Å². The second-order valence-electron chi connectivity index (χ2n) is 3.07. The molecule has 3 heteroatoms. The van der Waals surface area contributed by atoms with Crippen LogP contribution in [0.5, 0.6) is 0 Å². The molecule has 1 heterocycles. The van der Waals surface area contributed by atoms with Crippen molar-refractivity contribution in [3.63, 3.8) is 0 Å². The predicted octanol–water partition coefficient (Wildman–Crippen LogP) is 3.88. The minimum absolute atomic E-state index is 0.818. The van der Waals surface area contributed by atoms with Crippen LogP contribution in [0.2, 0.25) is 0 Å². The summed E-state index contributed by atoms with van der Waals surface area (Å²) >= 11 is 4.07. The van der Waals surface area contributed by atoms with Crippen molar-refractivity contribution in [1.29, 1.82) is 0 Å². The SMILES string of the molecule is CCc1cc(C=O)c2ccsc2c1I. The first-order valence-electron chi connectivity index (χ1n) is 4.41. The smallest absolute Gasteiger partial charge is 0.150 e. The first-order chi connectivity index (χ1) is 6.77. The van der Waals surface area contributed by atoms with E-state index in [0.29, 0.717) is 0 Å². The van der Waals surface area contributed by atoms with E-state index in [4.69, 9.17) is 0 Å². The van der Waals surface area contributed by atoms with E-state index in [1.165, 1.54) is 13.8 Å². The van der Waals surface area contributed by atoms with Crippen LogP contribution in [0.25, 0.3) is 10.1 Å². The maximum absolute atomic E-state index is 10.9. The monoisotopic (exact) mass is 316 g/mol. The highest BCUT2D eigenvalue weighted by Gasteiger charge is 2.09. The summed E-state index contributed by atoms with van der Waals surface area (Å²) in [5, 5.41) is 3.13. The number of aldehydes is 1. The Hall–Kier alpha value is -0.420. The third-order valence-corrected chi connectivity index (χ3v) is 4.83. The van der Waals surface area contributed by atoms with Crippen molar-refractivity contribution >= 4 is 50.3 Å². The molecule has 0 aliphatic carbocycles. The molecule has 2 rings (SSSR count). The van der Waals surface area contributed by atoms with Gasteiger partial charge in [0.25, 0.3) is 0 Å². The number of halogens is 1. The molecule has 0 saturated heterocycles. The minimum Gasteiger partial charge on any atom is -0.298 e. The van der Waals surface area contributed by atoms with Crippen molar-refractivity contribution in [3.8, 4) is 0 Å². The summed E-state index contributed by atoms with van der Waals surface area (Å²) in [4.78, 5) is 10.9. The van der Waals surface area contributed by atoms with E-state index in [9.17, 15) is 4.79 Å². The molecule has 0 saturated carbocycles. The number of benzene rings is 1. The lowest BCUT2D eigenvalue weighted by atomic mass is 10.1. The largest absolute Gasteiger partial charge is 0.298 e. The molecule has 0 radical (unpaired) electrons. The molecule has 2 aromatic rings. The lowest BCUT2D eigenvalue weighted by Gasteiger charge is -2.04. The maximum Gasteiger partial charge on any atom is 0.150 e. The van der Waals surface area contributed by atoms with Crippen LogP contribution in [0, 0.1) is 3.57 Å². The summed E-state index contributed by atoms with van der Waals surface area (Å²) < 4.78 is 2.53. The minimum atomic E-state index is 0.818. The third kappa shape index (κ3) is 1.48. The zero-order valence-corrected chi connectivity index (χ0v) is 10.7. The Morgan fingerprint density at radius 2 is 2.36 bits per heavy atom. The molecule has 72 valence electrons. The van der Waals surface area contributed by atoms with Crippen LogP contribution < -0.4 is 0 Å². The van der Waals surface area contributed by atoms with Crippen LogP contribution >= 0.6 is 33.9 Å². The molecular formula is C11H9IOS. The predicted molar refractivity (Wildman–Crippen MR) is 69.3 cm³/mol. The molecule has 0 fully saturated rings. The lowest BCUT2D eigenvalue weighted by molar-refractivity contribution is 0.112. The zero-order chi connectivity index (χ0) is 10.1. The molecule has 0 unspecified atom stereocenters. The van der Waals surface area contributed by atoms with E-state index in [1.807, 2.05) is 17.5 Å². The van der Waals surface area contributed by atoms with E-state index in [-0.39, 0.29) is 0 Å². The normalized spacial score (nSPS) is 10.7. The second-order valence-corrected chi connectivity index (χ2v) is 5.07. The van der Waals surface area contributed by atoms with Gasteiger partial charge in [-0.05, 0) is 52.1 Å². The Morgan fingerprint density at radius 1 is 1.57 bits per heavy atom. The average molecular weight is 316 g/mol. The first-order valence-corrected chi connectivity index (χ1v) is 6.37. The molecule has 0 aliphatic rings. The Labute approximate surface area is 100 Å². The fourth-order valence-electron chi connectivity index (χ4n) is 1.54. The summed E-state index contributed by atoms with van der Waals surface area (Å²) in [5.74, 6) is 0. The molecule has 1 aromatic heterocycles. The fourth-order valence-corrected chi connectivity index (χ4v) is 3.63. The van der Waals surface area contributed by atoms with Crippen molar-refractivity contribution in [2.75, 3.05) is 0 Å². The number of thiophene rings is 1.